The third-order valence-electron chi connectivity index (χ3n) is 14.1. The molecule has 0 N–H and O–H groups in total. The van der Waals surface area contributed by atoms with E-state index in [0.29, 0.717) is 17.5 Å². The summed E-state index contributed by atoms with van der Waals surface area (Å²) < 4.78 is 13.5. The van der Waals surface area contributed by atoms with Crippen molar-refractivity contribution in [1.82, 2.24) is 15.0 Å². The quantitative estimate of drug-likeness (QED) is 0.165. The van der Waals surface area contributed by atoms with Crippen LogP contribution in [0.1, 0.15) is 0 Å². The number of aromatic nitrogens is 3. The van der Waals surface area contributed by atoms with Crippen LogP contribution in [0.5, 0.6) is 0 Å². The van der Waals surface area contributed by atoms with Gasteiger partial charge in [0.2, 0.25) is 0 Å². The fourth-order valence-electron chi connectivity index (χ4n) is 11.0. The predicted molar refractivity (Wildman–Crippen MR) is 281 cm³/mol. The minimum Gasteiger partial charge on any atom is -0.456 e. The molecule has 68 heavy (non-hydrogen) atoms. The summed E-state index contributed by atoms with van der Waals surface area (Å²) in [6.07, 6.45) is 0. The average molecular weight is 866 g/mol. The van der Waals surface area contributed by atoms with Crippen LogP contribution in [-0.2, 0) is 0 Å². The summed E-state index contributed by atoms with van der Waals surface area (Å²) in [5.41, 5.74) is 8.30. The highest BCUT2D eigenvalue weighted by molar-refractivity contribution is 6.35. The van der Waals surface area contributed by atoms with Gasteiger partial charge in [-0.15, -0.1) is 0 Å². The van der Waals surface area contributed by atoms with E-state index in [1.54, 1.807) is 0 Å². The van der Waals surface area contributed by atoms with Gasteiger partial charge in [0, 0.05) is 43.6 Å². The van der Waals surface area contributed by atoms with E-state index in [-0.39, 0.29) is 0 Å². The smallest absolute Gasteiger partial charge is 0.164 e. The summed E-state index contributed by atoms with van der Waals surface area (Å²) in [5.74, 6) is 1.76. The third kappa shape index (κ3) is 5.41. The van der Waals surface area contributed by atoms with Gasteiger partial charge in [0.05, 0.1) is 0 Å². The normalized spacial score (nSPS) is 12.1. The van der Waals surface area contributed by atoms with Crippen molar-refractivity contribution in [2.75, 3.05) is 0 Å². The Morgan fingerprint density at radius 3 is 1.54 bits per heavy atom. The van der Waals surface area contributed by atoms with Crippen LogP contribution in [0.15, 0.2) is 221 Å². The molecule has 0 amide bonds. The van der Waals surface area contributed by atoms with Crippen LogP contribution in [0.2, 0.25) is 0 Å². The van der Waals surface area contributed by atoms with Crippen molar-refractivity contribution in [1.29, 1.82) is 0 Å². The van der Waals surface area contributed by atoms with E-state index in [2.05, 4.69) is 194 Å². The molecule has 0 bridgehead atoms. The second-order valence-corrected chi connectivity index (χ2v) is 17.8. The van der Waals surface area contributed by atoms with Gasteiger partial charge in [-0.05, 0) is 107 Å². The number of fused-ring (bicyclic) bond motifs is 16. The third-order valence-corrected chi connectivity index (χ3v) is 14.1. The van der Waals surface area contributed by atoms with Crippen LogP contribution in [0.4, 0.5) is 0 Å². The van der Waals surface area contributed by atoms with Crippen molar-refractivity contribution in [3.8, 4) is 45.3 Å². The molecule has 0 unspecified atom stereocenters. The lowest BCUT2D eigenvalue weighted by Crippen LogP contribution is -2.01. The van der Waals surface area contributed by atoms with Crippen LogP contribution in [-0.4, -0.2) is 15.0 Å². The maximum Gasteiger partial charge on any atom is 0.164 e. The van der Waals surface area contributed by atoms with Crippen LogP contribution in [0.25, 0.3) is 154 Å². The Bertz CT molecular complexity index is 4630. The Labute approximate surface area is 388 Å². The zero-order valence-electron chi connectivity index (χ0n) is 36.4. The fourth-order valence-corrected chi connectivity index (χ4v) is 11.0. The van der Waals surface area contributed by atoms with Crippen molar-refractivity contribution in [2.24, 2.45) is 0 Å². The number of para-hydroxylation sites is 1. The van der Waals surface area contributed by atoms with Crippen molar-refractivity contribution in [2.45, 2.75) is 0 Å². The molecule has 3 aromatic heterocycles. The monoisotopic (exact) mass is 865 g/mol. The fraction of sp³-hybridized carbons (Fsp3) is 0. The standard InChI is InChI=1S/C63H35N3O2/c1-2-16-38-33-57-54(32-37(38)15-1)59-53(35-52-45-21-6-5-19-41(45)43-20-7-8-23-49(43)58(52)60(59)68-57)46-26-12-25-44-42(46)24-13-28-51(44)63-65-61(39-30-31-48-47-22-9-10-29-55(47)67-56(48)34-39)64-62(66-63)50-27-11-17-36-14-3-4-18-40(36)50/h1-35H. The van der Waals surface area contributed by atoms with Crippen LogP contribution in [0.3, 0.4) is 0 Å². The number of hydrogen-bond acceptors (Lipinski definition) is 5. The van der Waals surface area contributed by atoms with Gasteiger partial charge in [0.1, 0.15) is 22.3 Å². The maximum atomic E-state index is 7.15. The molecule has 5 nitrogen and oxygen atoms in total. The number of rotatable bonds is 4. The molecule has 0 atom stereocenters. The maximum absolute atomic E-state index is 7.15. The van der Waals surface area contributed by atoms with Gasteiger partial charge in [-0.25, -0.2) is 15.0 Å². The Kier molecular flexibility index (Phi) is 7.72. The van der Waals surface area contributed by atoms with Crippen LogP contribution >= 0.6 is 0 Å². The van der Waals surface area contributed by atoms with Gasteiger partial charge in [0.25, 0.3) is 0 Å². The highest BCUT2D eigenvalue weighted by Gasteiger charge is 2.23. The van der Waals surface area contributed by atoms with Crippen molar-refractivity contribution in [3.05, 3.63) is 212 Å². The average Bonchev–Trinajstić information content (AvgIpc) is 3.97. The molecule has 5 heteroatoms. The Balaban J connectivity index is 1.01. The van der Waals surface area contributed by atoms with E-state index in [0.717, 1.165) is 109 Å². The summed E-state index contributed by atoms with van der Waals surface area (Å²) in [6.45, 7) is 0. The summed E-state index contributed by atoms with van der Waals surface area (Å²) in [4.78, 5) is 15.9. The molecule has 0 aliphatic heterocycles. The van der Waals surface area contributed by atoms with E-state index in [9.17, 15) is 0 Å². The van der Waals surface area contributed by atoms with Gasteiger partial charge in [0.15, 0.2) is 17.5 Å². The lowest BCUT2D eigenvalue weighted by molar-refractivity contribution is 0.669. The molecular formula is C63H35N3O2. The highest BCUT2D eigenvalue weighted by Crippen LogP contribution is 2.48. The first kappa shape index (κ1) is 37.1. The first-order valence-corrected chi connectivity index (χ1v) is 23.0. The van der Waals surface area contributed by atoms with Gasteiger partial charge in [-0.2, -0.15) is 0 Å². The molecule has 0 spiro atoms. The molecule has 0 fully saturated rings. The van der Waals surface area contributed by atoms with Crippen molar-refractivity contribution < 1.29 is 8.83 Å². The predicted octanol–water partition coefficient (Wildman–Crippen LogP) is 17.3. The largest absolute Gasteiger partial charge is 0.456 e. The second-order valence-electron chi connectivity index (χ2n) is 17.8. The first-order valence-electron chi connectivity index (χ1n) is 23.0. The molecule has 0 saturated heterocycles. The van der Waals surface area contributed by atoms with E-state index in [1.807, 2.05) is 18.2 Å². The molecule has 0 radical (unpaired) electrons. The van der Waals surface area contributed by atoms with E-state index in [1.165, 1.54) is 26.9 Å². The summed E-state index contributed by atoms with van der Waals surface area (Å²) in [5, 5.41) is 18.0. The summed E-state index contributed by atoms with van der Waals surface area (Å²) in [6, 6.07) is 75.1. The second kappa shape index (κ2) is 14.2. The van der Waals surface area contributed by atoms with E-state index >= 15 is 0 Å². The molecule has 15 rings (SSSR count). The molecule has 12 aromatic carbocycles. The topological polar surface area (TPSA) is 65.0 Å². The zero-order chi connectivity index (χ0) is 44.5. The summed E-state index contributed by atoms with van der Waals surface area (Å²) >= 11 is 0. The molecule has 15 aromatic rings. The van der Waals surface area contributed by atoms with Gasteiger partial charge in [-0.1, -0.05) is 176 Å². The van der Waals surface area contributed by atoms with Crippen molar-refractivity contribution in [3.63, 3.8) is 0 Å². The number of benzene rings is 12. The number of furan rings is 2. The van der Waals surface area contributed by atoms with Gasteiger partial charge < -0.3 is 8.83 Å². The van der Waals surface area contributed by atoms with Crippen LogP contribution < -0.4 is 0 Å². The molecule has 0 aliphatic rings. The van der Waals surface area contributed by atoms with Crippen LogP contribution in [0, 0.1) is 0 Å². The first-order chi connectivity index (χ1) is 33.7. The minimum atomic E-state index is 0.570. The molecule has 0 aliphatic carbocycles. The number of nitrogens with zero attached hydrogens (tertiary/aromatic N) is 3. The minimum absolute atomic E-state index is 0.570. The molecule has 0 saturated carbocycles. The van der Waals surface area contributed by atoms with Crippen molar-refractivity contribution >= 4 is 109 Å². The zero-order valence-corrected chi connectivity index (χ0v) is 36.4. The lowest BCUT2D eigenvalue weighted by Gasteiger charge is -2.16. The molecule has 3 heterocycles. The van der Waals surface area contributed by atoms with Gasteiger partial charge in [-0.3, -0.25) is 0 Å². The van der Waals surface area contributed by atoms with E-state index in [4.69, 9.17) is 23.8 Å². The van der Waals surface area contributed by atoms with Gasteiger partial charge >= 0.3 is 0 Å². The highest BCUT2D eigenvalue weighted by atomic mass is 16.3. The number of hydrogen-bond donors (Lipinski definition) is 0. The summed E-state index contributed by atoms with van der Waals surface area (Å²) in [7, 11) is 0. The molecular weight excluding hydrogens is 831 g/mol. The lowest BCUT2D eigenvalue weighted by atomic mass is 9.87. The Morgan fingerprint density at radius 1 is 0.250 bits per heavy atom. The van der Waals surface area contributed by atoms with E-state index < -0.39 is 0 Å². The SMILES string of the molecule is c1ccc2cc3c(cc2c1)oc1c3c(-c2cccc3c(-c4nc(-c5ccc6c(c5)oc5ccccc56)nc(-c5cccc6ccccc56)n4)cccc23)cc2c3ccccc3c3ccccc3c21. The molecule has 314 valence electrons. The Hall–Kier alpha value is -9.19. The Morgan fingerprint density at radius 2 is 0.765 bits per heavy atom.